The van der Waals surface area contributed by atoms with Crippen molar-refractivity contribution in [3.63, 3.8) is 0 Å². The Morgan fingerprint density at radius 3 is 1.94 bits per heavy atom. The van der Waals surface area contributed by atoms with Crippen molar-refractivity contribution < 1.29 is 33.3 Å². The first-order chi connectivity index (χ1) is 14.8. The van der Waals surface area contributed by atoms with Crippen molar-refractivity contribution in [1.82, 2.24) is 0 Å². The minimum Gasteiger partial charge on any atom is -0.479 e. The molecule has 2 unspecified atom stereocenters. The SMILES string of the molecule is CC(C)C(OC(=O)[C@@](O)(C(=O)O)C(C)C(C)C)C(F)(F)c1cccc(-c2ccccc2)c1. The van der Waals surface area contributed by atoms with Gasteiger partial charge in [-0.25, -0.2) is 9.59 Å². The van der Waals surface area contributed by atoms with Gasteiger partial charge in [-0.1, -0.05) is 83.1 Å². The molecule has 0 aliphatic heterocycles. The normalized spacial score (nSPS) is 15.8. The topological polar surface area (TPSA) is 83.8 Å². The van der Waals surface area contributed by atoms with E-state index < -0.39 is 47.3 Å². The summed E-state index contributed by atoms with van der Waals surface area (Å²) in [6, 6.07) is 14.7. The summed E-state index contributed by atoms with van der Waals surface area (Å²) in [5.74, 6) is -9.39. The van der Waals surface area contributed by atoms with Gasteiger partial charge in [-0.2, -0.15) is 8.78 Å². The number of esters is 1. The van der Waals surface area contributed by atoms with E-state index in [1.807, 2.05) is 6.07 Å². The van der Waals surface area contributed by atoms with Crippen LogP contribution in [-0.2, 0) is 20.2 Å². The molecule has 0 heterocycles. The number of hydrogen-bond donors (Lipinski definition) is 2. The molecule has 5 nitrogen and oxygen atoms in total. The van der Waals surface area contributed by atoms with Crippen LogP contribution in [0.3, 0.4) is 0 Å². The molecular formula is C25H30F2O5. The molecule has 0 amide bonds. The molecule has 2 aromatic rings. The van der Waals surface area contributed by atoms with Crippen molar-refractivity contribution >= 4 is 11.9 Å². The quantitative estimate of drug-likeness (QED) is 0.411. The van der Waals surface area contributed by atoms with E-state index in [1.165, 1.54) is 39.0 Å². The van der Waals surface area contributed by atoms with Crippen LogP contribution in [0.1, 0.15) is 40.2 Å². The Hall–Kier alpha value is -2.80. The zero-order valence-corrected chi connectivity index (χ0v) is 18.9. The molecule has 0 aromatic heterocycles. The highest BCUT2D eigenvalue weighted by Crippen LogP contribution is 2.40. The Bertz CT molecular complexity index is 942. The molecule has 0 spiro atoms. The van der Waals surface area contributed by atoms with Gasteiger partial charge in [0.25, 0.3) is 5.60 Å². The summed E-state index contributed by atoms with van der Waals surface area (Å²) in [5, 5.41) is 20.2. The Morgan fingerprint density at radius 1 is 0.875 bits per heavy atom. The zero-order chi connectivity index (χ0) is 24.3. The van der Waals surface area contributed by atoms with Crippen LogP contribution < -0.4 is 0 Å². The molecule has 7 heteroatoms. The Kier molecular flexibility index (Phi) is 7.78. The lowest BCUT2D eigenvalue weighted by Gasteiger charge is -2.35. The maximum atomic E-state index is 15.6. The van der Waals surface area contributed by atoms with E-state index in [0.717, 1.165) is 5.56 Å². The van der Waals surface area contributed by atoms with Crippen LogP contribution in [0.4, 0.5) is 8.78 Å². The first-order valence-electron chi connectivity index (χ1n) is 10.5. The molecule has 2 rings (SSSR count). The van der Waals surface area contributed by atoms with Crippen LogP contribution in [0.15, 0.2) is 54.6 Å². The lowest BCUT2D eigenvalue weighted by molar-refractivity contribution is -0.211. The number of aliphatic hydroxyl groups is 1. The molecule has 0 saturated carbocycles. The number of alkyl halides is 2. The second-order valence-corrected chi connectivity index (χ2v) is 8.74. The largest absolute Gasteiger partial charge is 0.479 e. The monoisotopic (exact) mass is 448 g/mol. The maximum absolute atomic E-state index is 15.6. The van der Waals surface area contributed by atoms with Crippen molar-refractivity contribution in [3.8, 4) is 11.1 Å². The van der Waals surface area contributed by atoms with Gasteiger partial charge in [0.2, 0.25) is 0 Å². The molecule has 0 saturated heterocycles. The van der Waals surface area contributed by atoms with Crippen molar-refractivity contribution in [2.24, 2.45) is 17.8 Å². The predicted octanol–water partition coefficient (Wildman–Crippen LogP) is 5.12. The van der Waals surface area contributed by atoms with E-state index in [1.54, 1.807) is 44.2 Å². The van der Waals surface area contributed by atoms with Gasteiger partial charge in [0, 0.05) is 11.5 Å². The minimum atomic E-state index is -3.63. The van der Waals surface area contributed by atoms with Gasteiger partial charge in [0.15, 0.2) is 6.10 Å². The average Bonchev–Trinajstić information content (AvgIpc) is 2.76. The second-order valence-electron chi connectivity index (χ2n) is 8.74. The van der Waals surface area contributed by atoms with Crippen LogP contribution in [0, 0.1) is 17.8 Å². The highest BCUT2D eigenvalue weighted by atomic mass is 19.3. The summed E-state index contributed by atoms with van der Waals surface area (Å²) >= 11 is 0. The number of ether oxygens (including phenoxy) is 1. The van der Waals surface area contributed by atoms with Gasteiger partial charge in [0.1, 0.15) is 0 Å². The van der Waals surface area contributed by atoms with Crippen LogP contribution in [-0.4, -0.2) is 33.9 Å². The number of aliphatic carboxylic acids is 1. The number of halogens is 2. The number of carboxylic acid groups (broad SMARTS) is 1. The number of hydrogen-bond acceptors (Lipinski definition) is 4. The molecule has 2 aromatic carbocycles. The second kappa shape index (κ2) is 9.77. The minimum absolute atomic E-state index is 0.374. The highest BCUT2D eigenvalue weighted by Gasteiger charge is 2.55. The highest BCUT2D eigenvalue weighted by molar-refractivity contribution is 6.02. The maximum Gasteiger partial charge on any atom is 0.350 e. The summed E-state index contributed by atoms with van der Waals surface area (Å²) in [4.78, 5) is 24.5. The van der Waals surface area contributed by atoms with Gasteiger partial charge in [0.05, 0.1) is 0 Å². The van der Waals surface area contributed by atoms with Gasteiger partial charge >= 0.3 is 17.9 Å². The van der Waals surface area contributed by atoms with E-state index in [0.29, 0.717) is 5.56 Å². The van der Waals surface area contributed by atoms with Crippen LogP contribution >= 0.6 is 0 Å². The third-order valence-electron chi connectivity index (χ3n) is 5.85. The zero-order valence-electron chi connectivity index (χ0n) is 18.9. The van der Waals surface area contributed by atoms with Gasteiger partial charge in [-0.05, 0) is 29.0 Å². The summed E-state index contributed by atoms with van der Waals surface area (Å²) in [7, 11) is 0. The van der Waals surface area contributed by atoms with Crippen molar-refractivity contribution in [2.45, 2.75) is 52.2 Å². The van der Waals surface area contributed by atoms with E-state index in [-0.39, 0.29) is 5.56 Å². The fourth-order valence-electron chi connectivity index (χ4n) is 3.49. The molecule has 174 valence electrons. The van der Waals surface area contributed by atoms with Gasteiger partial charge < -0.3 is 14.9 Å². The molecule has 0 fully saturated rings. The predicted molar refractivity (Wildman–Crippen MR) is 117 cm³/mol. The molecule has 0 bridgehead atoms. The molecule has 32 heavy (non-hydrogen) atoms. The fraction of sp³-hybridized carbons (Fsp3) is 0.440. The van der Waals surface area contributed by atoms with E-state index in [4.69, 9.17) is 4.74 Å². The smallest absolute Gasteiger partial charge is 0.350 e. The fourth-order valence-corrected chi connectivity index (χ4v) is 3.49. The van der Waals surface area contributed by atoms with Gasteiger partial charge in [-0.3, -0.25) is 0 Å². The van der Waals surface area contributed by atoms with Crippen molar-refractivity contribution in [1.29, 1.82) is 0 Å². The molecular weight excluding hydrogens is 418 g/mol. The summed E-state index contributed by atoms with van der Waals surface area (Å²) in [6.07, 6.45) is -1.98. The van der Waals surface area contributed by atoms with Gasteiger partial charge in [-0.15, -0.1) is 0 Å². The van der Waals surface area contributed by atoms with Crippen LogP contribution in [0.2, 0.25) is 0 Å². The Labute approximate surface area is 187 Å². The number of benzene rings is 2. The standard InChI is InChI=1S/C25H30F2O5/c1-15(2)17(5)24(31,22(28)29)23(30)32-21(16(3)4)25(26,27)20-13-9-12-19(14-20)18-10-7-6-8-11-18/h6-17,21,31H,1-5H3,(H,28,29)/t17?,21?,24-/m0/s1. The molecule has 2 N–H and O–H groups in total. The lowest BCUT2D eigenvalue weighted by atomic mass is 9.80. The number of rotatable bonds is 9. The van der Waals surface area contributed by atoms with E-state index >= 15 is 8.78 Å². The third kappa shape index (κ3) is 4.99. The van der Waals surface area contributed by atoms with Crippen molar-refractivity contribution in [2.75, 3.05) is 0 Å². The molecule has 3 atom stereocenters. The van der Waals surface area contributed by atoms with Crippen LogP contribution in [0.5, 0.6) is 0 Å². The third-order valence-corrected chi connectivity index (χ3v) is 5.85. The molecule has 0 aliphatic rings. The summed E-state index contributed by atoms with van der Waals surface area (Å²) < 4.78 is 36.2. The first-order valence-corrected chi connectivity index (χ1v) is 10.5. The number of carboxylic acids is 1. The number of carbonyl (C=O) groups excluding carboxylic acids is 1. The summed E-state index contributed by atoms with van der Waals surface area (Å²) in [5.41, 5.74) is -2.01. The average molecular weight is 449 g/mol. The van der Waals surface area contributed by atoms with Crippen molar-refractivity contribution in [3.05, 3.63) is 60.2 Å². The Balaban J connectivity index is 2.43. The number of carbonyl (C=O) groups is 2. The summed E-state index contributed by atoms with van der Waals surface area (Å²) in [6.45, 7) is 7.49. The Morgan fingerprint density at radius 2 is 1.44 bits per heavy atom. The van der Waals surface area contributed by atoms with E-state index in [2.05, 4.69) is 0 Å². The molecule has 0 aliphatic carbocycles. The van der Waals surface area contributed by atoms with E-state index in [9.17, 15) is 19.8 Å². The first kappa shape index (κ1) is 25.5. The lowest BCUT2D eigenvalue weighted by Crippen LogP contribution is -2.56. The molecule has 0 radical (unpaired) electrons. The van der Waals surface area contributed by atoms with Crippen LogP contribution in [0.25, 0.3) is 11.1 Å².